The third-order valence-electron chi connectivity index (χ3n) is 4.52. The Hall–Kier alpha value is -1.62. The van der Waals surface area contributed by atoms with Crippen molar-refractivity contribution in [2.24, 2.45) is 11.8 Å². The molecular formula is C16H22FN3O. The molecule has 0 unspecified atom stereocenters. The van der Waals surface area contributed by atoms with E-state index in [2.05, 4.69) is 22.5 Å². The zero-order chi connectivity index (χ0) is 14.8. The Morgan fingerprint density at radius 2 is 2.10 bits per heavy atom. The van der Waals surface area contributed by atoms with Gasteiger partial charge in [-0.3, -0.25) is 4.79 Å². The van der Waals surface area contributed by atoms with Gasteiger partial charge >= 0.3 is 0 Å². The van der Waals surface area contributed by atoms with Gasteiger partial charge in [0.05, 0.1) is 11.6 Å². The summed E-state index contributed by atoms with van der Waals surface area (Å²) in [5.41, 5.74) is 1.18. The van der Waals surface area contributed by atoms with Gasteiger partial charge in [-0.25, -0.2) is 4.39 Å². The molecule has 2 heterocycles. The van der Waals surface area contributed by atoms with Crippen LogP contribution in [0.15, 0.2) is 18.2 Å². The van der Waals surface area contributed by atoms with E-state index in [0.717, 1.165) is 32.5 Å². The zero-order valence-corrected chi connectivity index (χ0v) is 12.4. The van der Waals surface area contributed by atoms with Crippen molar-refractivity contribution < 1.29 is 9.18 Å². The molecule has 21 heavy (non-hydrogen) atoms. The van der Waals surface area contributed by atoms with Crippen molar-refractivity contribution in [2.75, 3.05) is 36.4 Å². The van der Waals surface area contributed by atoms with Crippen LogP contribution in [0.3, 0.4) is 0 Å². The number of nitrogens with one attached hydrogen (secondary N) is 2. The van der Waals surface area contributed by atoms with Crippen LogP contribution in [-0.2, 0) is 4.79 Å². The first-order chi connectivity index (χ1) is 10.1. The molecule has 5 heteroatoms. The van der Waals surface area contributed by atoms with Crippen LogP contribution in [0.4, 0.5) is 15.8 Å². The van der Waals surface area contributed by atoms with E-state index in [0.29, 0.717) is 23.8 Å². The second kappa shape index (κ2) is 6.02. The fraction of sp³-hybridized carbons (Fsp3) is 0.562. The molecule has 2 saturated heterocycles. The minimum Gasteiger partial charge on any atom is -0.369 e. The number of amides is 1. The Kier molecular flexibility index (Phi) is 4.10. The number of hydrogen-bond donors (Lipinski definition) is 2. The fourth-order valence-electron chi connectivity index (χ4n) is 3.20. The highest BCUT2D eigenvalue weighted by molar-refractivity contribution is 5.93. The zero-order valence-electron chi connectivity index (χ0n) is 12.4. The molecule has 0 saturated carbocycles. The van der Waals surface area contributed by atoms with E-state index in [1.807, 2.05) is 0 Å². The summed E-state index contributed by atoms with van der Waals surface area (Å²) in [6.45, 7) is 5.44. The summed E-state index contributed by atoms with van der Waals surface area (Å²) >= 11 is 0. The topological polar surface area (TPSA) is 44.4 Å². The fourth-order valence-corrected chi connectivity index (χ4v) is 3.20. The van der Waals surface area contributed by atoms with Crippen molar-refractivity contribution in [3.63, 3.8) is 0 Å². The number of carbonyl (C=O) groups excluding carboxylic acids is 1. The standard InChI is InChI=1S/C16H22FN3O/c1-11-9-18-10-13(11)16(21)19-12-4-5-15(14(17)8-12)20-6-2-3-7-20/h4-5,8,11,13,18H,2-3,6-7,9-10H2,1H3,(H,19,21)/t11-,13-/m1/s1. The summed E-state index contributed by atoms with van der Waals surface area (Å²) in [5.74, 6) is -0.00171. The molecule has 0 aromatic heterocycles. The van der Waals surface area contributed by atoms with Gasteiger partial charge in [0.2, 0.25) is 5.91 Å². The van der Waals surface area contributed by atoms with Gasteiger partial charge in [-0.1, -0.05) is 6.92 Å². The van der Waals surface area contributed by atoms with Crippen LogP contribution in [0, 0.1) is 17.7 Å². The Morgan fingerprint density at radius 3 is 2.71 bits per heavy atom. The maximum absolute atomic E-state index is 14.2. The van der Waals surface area contributed by atoms with E-state index >= 15 is 0 Å². The lowest BCUT2D eigenvalue weighted by atomic mass is 9.97. The molecule has 1 amide bonds. The molecule has 2 N–H and O–H groups in total. The van der Waals surface area contributed by atoms with Gasteiger partial charge in [0.1, 0.15) is 5.82 Å². The predicted molar refractivity (Wildman–Crippen MR) is 82.0 cm³/mol. The van der Waals surface area contributed by atoms with Crippen molar-refractivity contribution in [3.05, 3.63) is 24.0 Å². The average molecular weight is 291 g/mol. The highest BCUT2D eigenvalue weighted by Gasteiger charge is 2.29. The Bertz CT molecular complexity index is 528. The average Bonchev–Trinajstić information content (AvgIpc) is 3.10. The van der Waals surface area contributed by atoms with E-state index < -0.39 is 0 Å². The van der Waals surface area contributed by atoms with Gasteiger partial charge in [-0.05, 0) is 43.5 Å². The molecule has 2 aliphatic heterocycles. The van der Waals surface area contributed by atoms with Gasteiger partial charge in [-0.2, -0.15) is 0 Å². The lowest BCUT2D eigenvalue weighted by molar-refractivity contribution is -0.120. The third-order valence-corrected chi connectivity index (χ3v) is 4.52. The first kappa shape index (κ1) is 14.3. The van der Waals surface area contributed by atoms with Crippen LogP contribution < -0.4 is 15.5 Å². The molecule has 0 spiro atoms. The molecule has 1 aromatic rings. The Labute approximate surface area is 124 Å². The molecule has 4 nitrogen and oxygen atoms in total. The minimum absolute atomic E-state index is 0.0270. The van der Waals surface area contributed by atoms with Crippen LogP contribution in [0.5, 0.6) is 0 Å². The van der Waals surface area contributed by atoms with Gasteiger partial charge in [-0.15, -0.1) is 0 Å². The number of carbonyl (C=O) groups is 1. The van der Waals surface area contributed by atoms with E-state index in [1.165, 1.54) is 6.07 Å². The number of halogens is 1. The van der Waals surface area contributed by atoms with Crippen LogP contribution in [0.1, 0.15) is 19.8 Å². The number of nitrogens with zero attached hydrogens (tertiary/aromatic N) is 1. The molecule has 2 fully saturated rings. The van der Waals surface area contributed by atoms with Gasteiger partial charge in [0, 0.05) is 25.3 Å². The predicted octanol–water partition coefficient (Wildman–Crippen LogP) is 2.22. The van der Waals surface area contributed by atoms with Crippen molar-refractivity contribution in [1.82, 2.24) is 5.32 Å². The van der Waals surface area contributed by atoms with Crippen molar-refractivity contribution >= 4 is 17.3 Å². The van der Waals surface area contributed by atoms with Crippen LogP contribution >= 0.6 is 0 Å². The van der Waals surface area contributed by atoms with Crippen molar-refractivity contribution in [2.45, 2.75) is 19.8 Å². The van der Waals surface area contributed by atoms with E-state index in [1.54, 1.807) is 12.1 Å². The SMILES string of the molecule is C[C@@H]1CNC[C@H]1C(=O)Nc1ccc(N2CCCC2)c(F)c1. The largest absolute Gasteiger partial charge is 0.369 e. The summed E-state index contributed by atoms with van der Waals surface area (Å²) in [4.78, 5) is 14.3. The normalized spacial score (nSPS) is 25.3. The molecule has 0 aliphatic carbocycles. The summed E-state index contributed by atoms with van der Waals surface area (Å²) in [6, 6.07) is 4.99. The molecule has 3 rings (SSSR count). The Balaban J connectivity index is 1.68. The number of hydrogen-bond acceptors (Lipinski definition) is 3. The second-order valence-corrected chi connectivity index (χ2v) is 6.09. The summed E-state index contributed by atoms with van der Waals surface area (Å²) in [7, 11) is 0. The monoisotopic (exact) mass is 291 g/mol. The number of benzene rings is 1. The van der Waals surface area contributed by atoms with Crippen LogP contribution in [0.2, 0.25) is 0 Å². The van der Waals surface area contributed by atoms with Gasteiger partial charge in [0.25, 0.3) is 0 Å². The first-order valence-corrected chi connectivity index (χ1v) is 7.71. The smallest absolute Gasteiger partial charge is 0.229 e. The molecule has 0 radical (unpaired) electrons. The number of rotatable bonds is 3. The highest BCUT2D eigenvalue weighted by Crippen LogP contribution is 2.26. The summed E-state index contributed by atoms with van der Waals surface area (Å²) in [6.07, 6.45) is 2.23. The second-order valence-electron chi connectivity index (χ2n) is 6.09. The van der Waals surface area contributed by atoms with Crippen molar-refractivity contribution in [1.29, 1.82) is 0 Å². The maximum Gasteiger partial charge on any atom is 0.229 e. The molecule has 0 bridgehead atoms. The van der Waals surface area contributed by atoms with Gasteiger partial charge in [0.15, 0.2) is 0 Å². The van der Waals surface area contributed by atoms with E-state index in [9.17, 15) is 9.18 Å². The summed E-state index contributed by atoms with van der Waals surface area (Å²) < 4.78 is 14.2. The molecular weight excluding hydrogens is 269 g/mol. The Morgan fingerprint density at radius 1 is 1.33 bits per heavy atom. The lowest BCUT2D eigenvalue weighted by Crippen LogP contribution is -2.28. The minimum atomic E-state index is -0.257. The molecule has 1 aromatic carbocycles. The van der Waals surface area contributed by atoms with E-state index in [4.69, 9.17) is 0 Å². The highest BCUT2D eigenvalue weighted by atomic mass is 19.1. The molecule has 114 valence electrons. The quantitative estimate of drug-likeness (QED) is 0.897. The van der Waals surface area contributed by atoms with Crippen molar-refractivity contribution in [3.8, 4) is 0 Å². The molecule has 2 aliphatic rings. The van der Waals surface area contributed by atoms with Crippen LogP contribution in [0.25, 0.3) is 0 Å². The van der Waals surface area contributed by atoms with Crippen LogP contribution in [-0.4, -0.2) is 32.1 Å². The maximum atomic E-state index is 14.2. The van der Waals surface area contributed by atoms with E-state index in [-0.39, 0.29) is 17.6 Å². The lowest BCUT2D eigenvalue weighted by Gasteiger charge is -2.19. The first-order valence-electron chi connectivity index (χ1n) is 7.71. The summed E-state index contributed by atoms with van der Waals surface area (Å²) in [5, 5.41) is 6.04. The third kappa shape index (κ3) is 3.02. The van der Waals surface area contributed by atoms with Gasteiger partial charge < -0.3 is 15.5 Å². The number of anilines is 2. The molecule has 2 atom stereocenters.